The summed E-state index contributed by atoms with van der Waals surface area (Å²) in [5.74, 6) is -0.720. The van der Waals surface area contributed by atoms with E-state index in [1.54, 1.807) is 27.2 Å². The van der Waals surface area contributed by atoms with Gasteiger partial charge in [-0.15, -0.1) is 0 Å². The van der Waals surface area contributed by atoms with E-state index in [4.69, 9.17) is 24.1 Å². The molecule has 2 N–H and O–H groups in total. The second-order valence-corrected chi connectivity index (χ2v) is 14.3. The summed E-state index contributed by atoms with van der Waals surface area (Å²) in [6.45, 7) is 2.44. The average Bonchev–Trinajstić information content (AvgIpc) is 3.60. The molecule has 0 fully saturated rings. The number of Topliss-reactive ketones (excluding diaryl/α,β-unsaturated/α-hetero) is 2. The maximum absolute atomic E-state index is 12.8. The minimum atomic E-state index is -0.994. The van der Waals surface area contributed by atoms with Crippen LogP contribution in [0.4, 0.5) is 0 Å². The molecule has 4 rings (SSSR count). The van der Waals surface area contributed by atoms with Crippen molar-refractivity contribution in [3.8, 4) is 23.0 Å². The predicted octanol–water partition coefficient (Wildman–Crippen LogP) is 4.70. The maximum atomic E-state index is 12.8. The van der Waals surface area contributed by atoms with E-state index in [0.29, 0.717) is 57.9 Å². The fourth-order valence-corrected chi connectivity index (χ4v) is 8.74. The Balaban J connectivity index is 1.37. The molecular weight excluding hydrogens is 690 g/mol. The number of ether oxygens (including phenoxy) is 4. The third-order valence-corrected chi connectivity index (χ3v) is 11.6. The number of rotatable bonds is 17. The normalized spacial score (nSPS) is 11.8. The third-order valence-electron chi connectivity index (χ3n) is 6.80. The summed E-state index contributed by atoms with van der Waals surface area (Å²) in [5.41, 5.74) is 0. The van der Waals surface area contributed by atoms with Crippen molar-refractivity contribution in [1.29, 1.82) is 0 Å². The quantitative estimate of drug-likeness (QED) is 0.0894. The molecule has 0 aliphatic carbocycles. The number of carbonyl (C=O) groups is 4. The standard InChI is InChI=1S/C31H32O10Se2/c1-4-17(31(36)37)10-21(33)29-14-19-12-25(23(39-3)16-27(19)43-29)41-9-5-8-40-24-11-18-13-28(20(32)6-7-30(34)35)42-26(18)15-22(24)38-2/h11-17H,4-10H2,1-3H3,(H,34,35)(H,36,37). The first-order valence-corrected chi connectivity index (χ1v) is 17.1. The van der Waals surface area contributed by atoms with Crippen LogP contribution in [0.25, 0.3) is 19.3 Å². The van der Waals surface area contributed by atoms with Crippen molar-refractivity contribution in [2.24, 2.45) is 5.92 Å². The summed E-state index contributed by atoms with van der Waals surface area (Å²) in [5, 5.41) is 19.9. The Kier molecular flexibility index (Phi) is 11.1. The molecule has 10 nitrogen and oxygen atoms in total. The zero-order chi connectivity index (χ0) is 31.1. The number of fused-ring (bicyclic) bond motifs is 2. The van der Waals surface area contributed by atoms with Gasteiger partial charge in [0.25, 0.3) is 0 Å². The molecule has 12 heteroatoms. The molecule has 0 radical (unpaired) electrons. The second kappa shape index (κ2) is 14.7. The van der Waals surface area contributed by atoms with Crippen LogP contribution in [-0.2, 0) is 9.59 Å². The molecule has 228 valence electrons. The number of carboxylic acid groups (broad SMARTS) is 2. The summed E-state index contributed by atoms with van der Waals surface area (Å²) in [4.78, 5) is 47.3. The van der Waals surface area contributed by atoms with Crippen molar-refractivity contribution in [1.82, 2.24) is 0 Å². The Labute approximate surface area is 260 Å². The van der Waals surface area contributed by atoms with Crippen LogP contribution in [-0.4, -0.2) is 90.2 Å². The number of carboxylic acids is 2. The molecule has 4 aromatic rings. The monoisotopic (exact) mass is 724 g/mol. The Morgan fingerprint density at radius 1 is 0.721 bits per heavy atom. The SMILES string of the molecule is CCC(CC(=O)c1cc2cc(OCCCOc3cc4cc(C(=O)CCC(=O)O)[se]c4cc3OC)c(OC)cc2[se]1)C(=O)O. The summed E-state index contributed by atoms with van der Waals surface area (Å²) in [7, 11) is 3.11. The zero-order valence-corrected chi connectivity index (χ0v) is 27.4. The number of ketones is 2. The molecular formula is C31H32O10Se2. The molecule has 0 aliphatic rings. The molecule has 1 unspecified atom stereocenters. The second-order valence-electron chi connectivity index (χ2n) is 9.74. The van der Waals surface area contributed by atoms with Gasteiger partial charge in [0, 0.05) is 0 Å². The third kappa shape index (κ3) is 8.09. The van der Waals surface area contributed by atoms with E-state index < -0.39 is 17.9 Å². The summed E-state index contributed by atoms with van der Waals surface area (Å²) >= 11 is -0.457. The molecule has 0 aliphatic heterocycles. The van der Waals surface area contributed by atoms with Gasteiger partial charge in [0.15, 0.2) is 0 Å². The van der Waals surface area contributed by atoms with Gasteiger partial charge in [0.05, 0.1) is 0 Å². The van der Waals surface area contributed by atoms with Crippen LogP contribution in [0.5, 0.6) is 23.0 Å². The number of methoxy groups -OCH3 is 2. The Bertz CT molecular complexity index is 1650. The molecule has 0 saturated heterocycles. The van der Waals surface area contributed by atoms with Crippen LogP contribution in [0.2, 0.25) is 0 Å². The van der Waals surface area contributed by atoms with Crippen LogP contribution in [0.3, 0.4) is 0 Å². The first-order valence-electron chi connectivity index (χ1n) is 13.6. The van der Waals surface area contributed by atoms with Gasteiger partial charge < -0.3 is 0 Å². The number of aliphatic carboxylic acids is 2. The Morgan fingerprint density at radius 3 is 1.67 bits per heavy atom. The number of benzene rings is 2. The molecule has 0 amide bonds. The summed E-state index contributed by atoms with van der Waals surface area (Å²) in [6, 6.07) is 11.0. The zero-order valence-electron chi connectivity index (χ0n) is 24.0. The molecule has 0 spiro atoms. The molecule has 0 saturated carbocycles. The molecule has 43 heavy (non-hydrogen) atoms. The van der Waals surface area contributed by atoms with E-state index in [0.717, 1.165) is 19.3 Å². The fourth-order valence-electron chi connectivity index (χ4n) is 4.41. The number of carbonyl (C=O) groups excluding carboxylic acids is 2. The first kappa shape index (κ1) is 32.4. The van der Waals surface area contributed by atoms with Crippen LogP contribution < -0.4 is 18.9 Å². The first-order chi connectivity index (χ1) is 20.6. The van der Waals surface area contributed by atoms with Gasteiger partial charge in [-0.2, -0.15) is 0 Å². The van der Waals surface area contributed by atoms with E-state index in [-0.39, 0.29) is 59.8 Å². The molecule has 2 aromatic heterocycles. The van der Waals surface area contributed by atoms with Crippen LogP contribution in [0, 0.1) is 5.92 Å². The molecule has 2 heterocycles. The Hall–Kier alpha value is -3.56. The van der Waals surface area contributed by atoms with Gasteiger partial charge >= 0.3 is 261 Å². The summed E-state index contributed by atoms with van der Waals surface area (Å²) < 4.78 is 26.3. The van der Waals surface area contributed by atoms with E-state index in [2.05, 4.69) is 0 Å². The van der Waals surface area contributed by atoms with Gasteiger partial charge in [-0.3, -0.25) is 0 Å². The summed E-state index contributed by atoms with van der Waals surface area (Å²) in [6.07, 6.45) is 0.738. The number of hydrogen-bond donors (Lipinski definition) is 2. The van der Waals surface area contributed by atoms with Gasteiger partial charge in [0.1, 0.15) is 0 Å². The van der Waals surface area contributed by atoms with Gasteiger partial charge in [-0.1, -0.05) is 0 Å². The van der Waals surface area contributed by atoms with Crippen molar-refractivity contribution in [2.75, 3.05) is 27.4 Å². The van der Waals surface area contributed by atoms with Gasteiger partial charge in [-0.25, -0.2) is 0 Å². The minimum absolute atomic E-state index is 0.00780. The Morgan fingerprint density at radius 2 is 1.23 bits per heavy atom. The van der Waals surface area contributed by atoms with E-state index in [1.807, 2.05) is 30.3 Å². The van der Waals surface area contributed by atoms with E-state index in [1.165, 1.54) is 0 Å². The van der Waals surface area contributed by atoms with Crippen molar-refractivity contribution in [3.05, 3.63) is 45.3 Å². The molecule has 0 bridgehead atoms. The average molecular weight is 723 g/mol. The predicted molar refractivity (Wildman–Crippen MR) is 162 cm³/mol. The van der Waals surface area contributed by atoms with Crippen molar-refractivity contribution in [3.63, 3.8) is 0 Å². The number of hydrogen-bond acceptors (Lipinski definition) is 8. The van der Waals surface area contributed by atoms with Crippen LogP contribution >= 0.6 is 0 Å². The molecule has 1 atom stereocenters. The van der Waals surface area contributed by atoms with Crippen LogP contribution in [0.15, 0.2) is 36.4 Å². The van der Waals surface area contributed by atoms with Gasteiger partial charge in [-0.05, 0) is 0 Å². The van der Waals surface area contributed by atoms with E-state index >= 15 is 0 Å². The molecule has 2 aromatic carbocycles. The van der Waals surface area contributed by atoms with E-state index in [9.17, 15) is 24.3 Å². The fraction of sp³-hybridized carbons (Fsp3) is 0.355. The van der Waals surface area contributed by atoms with Crippen LogP contribution in [0.1, 0.15) is 57.5 Å². The van der Waals surface area contributed by atoms with Crippen molar-refractivity contribution < 1.29 is 48.3 Å². The topological polar surface area (TPSA) is 146 Å². The van der Waals surface area contributed by atoms with Gasteiger partial charge in [0.2, 0.25) is 0 Å². The van der Waals surface area contributed by atoms with Crippen molar-refractivity contribution in [2.45, 2.75) is 39.0 Å². The van der Waals surface area contributed by atoms with Crippen molar-refractivity contribution >= 4 is 71.8 Å².